The molecule has 0 aromatic heterocycles. The molecule has 0 heterocycles. The van der Waals surface area contributed by atoms with Crippen LogP contribution in [0.25, 0.3) is 0 Å². The normalized spacial score (nSPS) is 14.5. The van der Waals surface area contributed by atoms with E-state index in [1.165, 1.54) is 5.56 Å². The molecule has 0 spiro atoms. The molecule has 1 rings (SSSR count). The predicted molar refractivity (Wildman–Crippen MR) is 73.6 cm³/mol. The van der Waals surface area contributed by atoms with E-state index in [0.29, 0.717) is 12.3 Å². The van der Waals surface area contributed by atoms with Gasteiger partial charge in [-0.3, -0.25) is 10.1 Å². The van der Waals surface area contributed by atoms with Crippen LogP contribution in [-0.4, -0.2) is 17.1 Å². The summed E-state index contributed by atoms with van der Waals surface area (Å²) >= 11 is 0. The van der Waals surface area contributed by atoms with Crippen LogP contribution in [0.4, 0.5) is 0 Å². The van der Waals surface area contributed by atoms with Crippen LogP contribution in [0, 0.1) is 12.8 Å². The lowest BCUT2D eigenvalue weighted by atomic mass is 10.0. The fraction of sp³-hybridized carbons (Fsp3) is 0.533. The maximum Gasteiger partial charge on any atom is 0.320 e. The fourth-order valence-electron chi connectivity index (χ4n) is 1.96. The number of nitrogens with one attached hydrogen (secondary N) is 1. The highest BCUT2D eigenvalue weighted by atomic mass is 16.4. The van der Waals surface area contributed by atoms with Crippen molar-refractivity contribution in [3.63, 3.8) is 0 Å². The molecule has 18 heavy (non-hydrogen) atoms. The summed E-state index contributed by atoms with van der Waals surface area (Å²) in [4.78, 5) is 11.2. The molecule has 0 fully saturated rings. The molecule has 0 radical (unpaired) electrons. The van der Waals surface area contributed by atoms with Crippen molar-refractivity contribution in [2.45, 2.75) is 46.2 Å². The van der Waals surface area contributed by atoms with E-state index in [2.05, 4.69) is 5.32 Å². The van der Waals surface area contributed by atoms with Crippen LogP contribution in [0.3, 0.4) is 0 Å². The Morgan fingerprint density at radius 2 is 1.78 bits per heavy atom. The van der Waals surface area contributed by atoms with Crippen LogP contribution < -0.4 is 5.32 Å². The maximum atomic E-state index is 11.2. The minimum atomic E-state index is -0.775. The van der Waals surface area contributed by atoms with Gasteiger partial charge in [-0.05, 0) is 31.7 Å². The lowest BCUT2D eigenvalue weighted by molar-refractivity contribution is -0.140. The molecule has 2 N–H and O–H groups in total. The molecular weight excluding hydrogens is 226 g/mol. The molecule has 0 saturated heterocycles. The predicted octanol–water partition coefficient (Wildman–Crippen LogP) is 3.14. The monoisotopic (exact) mass is 249 g/mol. The van der Waals surface area contributed by atoms with Crippen molar-refractivity contribution in [3.8, 4) is 0 Å². The van der Waals surface area contributed by atoms with E-state index in [1.54, 1.807) is 0 Å². The molecule has 0 bridgehead atoms. The Morgan fingerprint density at radius 3 is 2.22 bits per heavy atom. The number of carbonyl (C=O) groups is 1. The number of carboxylic acids is 1. The van der Waals surface area contributed by atoms with Gasteiger partial charge in [0.2, 0.25) is 0 Å². The molecule has 1 aromatic carbocycles. The molecule has 0 amide bonds. The molecule has 0 aliphatic rings. The molecule has 3 nitrogen and oxygen atoms in total. The Balaban J connectivity index is 2.68. The first kappa shape index (κ1) is 14.7. The molecule has 2 unspecified atom stereocenters. The number of benzene rings is 1. The van der Waals surface area contributed by atoms with Gasteiger partial charge in [0.05, 0.1) is 0 Å². The number of aryl methyl sites for hydroxylation is 1. The SMILES string of the molecule is Cc1ccc(C(C)NC(CC(C)C)C(=O)O)cc1. The standard InChI is InChI=1S/C15H23NO2/c1-10(2)9-14(15(17)18)16-12(4)13-7-5-11(3)6-8-13/h5-8,10,12,14,16H,9H2,1-4H3,(H,17,18). The van der Waals surface area contributed by atoms with Crippen LogP contribution in [0.1, 0.15) is 44.4 Å². The summed E-state index contributed by atoms with van der Waals surface area (Å²) in [6.45, 7) is 8.12. The first-order chi connectivity index (χ1) is 8.40. The number of carboxylic acid groups (broad SMARTS) is 1. The molecule has 0 aliphatic carbocycles. The Hall–Kier alpha value is -1.35. The van der Waals surface area contributed by atoms with Crippen LogP contribution in [0.5, 0.6) is 0 Å². The third-order valence-electron chi connectivity index (χ3n) is 3.03. The summed E-state index contributed by atoms with van der Waals surface area (Å²) in [6, 6.07) is 7.74. The highest BCUT2D eigenvalue weighted by Gasteiger charge is 2.21. The van der Waals surface area contributed by atoms with Crippen molar-refractivity contribution >= 4 is 5.97 Å². The van der Waals surface area contributed by atoms with E-state index < -0.39 is 12.0 Å². The smallest absolute Gasteiger partial charge is 0.320 e. The van der Waals surface area contributed by atoms with Crippen LogP contribution in [-0.2, 0) is 4.79 Å². The summed E-state index contributed by atoms with van der Waals surface area (Å²) in [6.07, 6.45) is 0.644. The van der Waals surface area contributed by atoms with Gasteiger partial charge in [0.25, 0.3) is 0 Å². The summed E-state index contributed by atoms with van der Waals surface area (Å²) < 4.78 is 0. The van der Waals surface area contributed by atoms with Crippen LogP contribution in [0.15, 0.2) is 24.3 Å². The van der Waals surface area contributed by atoms with Crippen molar-refractivity contribution in [3.05, 3.63) is 35.4 Å². The van der Waals surface area contributed by atoms with E-state index in [4.69, 9.17) is 0 Å². The average Bonchev–Trinajstić information content (AvgIpc) is 2.28. The van der Waals surface area contributed by atoms with Gasteiger partial charge in [-0.2, -0.15) is 0 Å². The number of rotatable bonds is 6. The Kier molecular flexibility index (Phi) is 5.35. The zero-order valence-corrected chi connectivity index (χ0v) is 11.6. The highest BCUT2D eigenvalue weighted by molar-refractivity contribution is 5.73. The lowest BCUT2D eigenvalue weighted by Gasteiger charge is -2.22. The van der Waals surface area contributed by atoms with E-state index in [-0.39, 0.29) is 6.04 Å². The Bertz CT molecular complexity index is 384. The maximum absolute atomic E-state index is 11.2. The molecule has 1 aromatic rings. The molecule has 3 heteroatoms. The van der Waals surface area contributed by atoms with Crippen molar-refractivity contribution in [2.24, 2.45) is 5.92 Å². The third-order valence-corrected chi connectivity index (χ3v) is 3.03. The van der Waals surface area contributed by atoms with Crippen LogP contribution >= 0.6 is 0 Å². The lowest BCUT2D eigenvalue weighted by Crippen LogP contribution is -2.39. The van der Waals surface area contributed by atoms with Gasteiger partial charge in [-0.1, -0.05) is 43.7 Å². The Morgan fingerprint density at radius 1 is 1.22 bits per heavy atom. The average molecular weight is 249 g/mol. The fourth-order valence-corrected chi connectivity index (χ4v) is 1.96. The van der Waals surface area contributed by atoms with Gasteiger partial charge in [0.15, 0.2) is 0 Å². The molecule has 0 saturated carbocycles. The van der Waals surface area contributed by atoms with Gasteiger partial charge in [-0.15, -0.1) is 0 Å². The summed E-state index contributed by atoms with van der Waals surface area (Å²) in [7, 11) is 0. The van der Waals surface area contributed by atoms with Crippen LogP contribution in [0.2, 0.25) is 0 Å². The van der Waals surface area contributed by atoms with Gasteiger partial charge in [-0.25, -0.2) is 0 Å². The molecule has 2 atom stereocenters. The van der Waals surface area contributed by atoms with E-state index >= 15 is 0 Å². The van der Waals surface area contributed by atoms with E-state index in [0.717, 1.165) is 5.56 Å². The van der Waals surface area contributed by atoms with E-state index in [1.807, 2.05) is 52.0 Å². The Labute approximate surface area is 109 Å². The van der Waals surface area contributed by atoms with Crippen molar-refractivity contribution < 1.29 is 9.90 Å². The number of hydrogen-bond acceptors (Lipinski definition) is 2. The van der Waals surface area contributed by atoms with Crippen molar-refractivity contribution in [1.82, 2.24) is 5.32 Å². The van der Waals surface area contributed by atoms with Gasteiger partial charge in [0, 0.05) is 6.04 Å². The summed E-state index contributed by atoms with van der Waals surface area (Å²) in [5.74, 6) is -0.411. The first-order valence-corrected chi connectivity index (χ1v) is 6.45. The minimum Gasteiger partial charge on any atom is -0.480 e. The first-order valence-electron chi connectivity index (χ1n) is 6.45. The quantitative estimate of drug-likeness (QED) is 0.814. The number of aliphatic carboxylic acids is 1. The molecular formula is C15H23NO2. The second kappa shape index (κ2) is 6.55. The van der Waals surface area contributed by atoms with Gasteiger partial charge >= 0.3 is 5.97 Å². The molecule has 0 aliphatic heterocycles. The second-order valence-corrected chi connectivity index (χ2v) is 5.32. The highest BCUT2D eigenvalue weighted by Crippen LogP contribution is 2.16. The van der Waals surface area contributed by atoms with Gasteiger partial charge in [0.1, 0.15) is 6.04 Å². The van der Waals surface area contributed by atoms with Crippen molar-refractivity contribution in [2.75, 3.05) is 0 Å². The minimum absolute atomic E-state index is 0.0467. The topological polar surface area (TPSA) is 49.3 Å². The third kappa shape index (κ3) is 4.49. The van der Waals surface area contributed by atoms with Gasteiger partial charge < -0.3 is 5.11 Å². The number of hydrogen-bond donors (Lipinski definition) is 2. The van der Waals surface area contributed by atoms with Crippen molar-refractivity contribution in [1.29, 1.82) is 0 Å². The zero-order valence-electron chi connectivity index (χ0n) is 11.6. The second-order valence-electron chi connectivity index (χ2n) is 5.32. The molecule has 100 valence electrons. The van der Waals surface area contributed by atoms with E-state index in [9.17, 15) is 9.90 Å². The largest absolute Gasteiger partial charge is 0.480 e. The summed E-state index contributed by atoms with van der Waals surface area (Å²) in [5, 5.41) is 12.4. The zero-order chi connectivity index (χ0) is 13.7. The summed E-state index contributed by atoms with van der Waals surface area (Å²) in [5.41, 5.74) is 2.33.